The van der Waals surface area contributed by atoms with Gasteiger partial charge in [0.05, 0.1) is 0 Å². The summed E-state index contributed by atoms with van der Waals surface area (Å²) >= 11 is 0. The molecule has 0 saturated heterocycles. The number of anilines is 1. The summed E-state index contributed by atoms with van der Waals surface area (Å²) in [6.45, 7) is 6.98. The quantitative estimate of drug-likeness (QED) is 0.630. The molecule has 0 unspecified atom stereocenters. The minimum absolute atomic E-state index is 0.0197. The SMILES string of the molecule is CCc1cccc(CC)c1NC(=O)CCN(CCC1=CCCCC1)C(C)=O. The maximum Gasteiger partial charge on any atom is 0.226 e. The van der Waals surface area contributed by atoms with E-state index in [1.807, 2.05) is 11.0 Å². The van der Waals surface area contributed by atoms with Crippen LogP contribution in [0.3, 0.4) is 0 Å². The number of para-hydroxylation sites is 1. The lowest BCUT2D eigenvalue weighted by molar-refractivity contribution is -0.129. The molecule has 0 aromatic heterocycles. The highest BCUT2D eigenvalue weighted by Gasteiger charge is 2.14. The smallest absolute Gasteiger partial charge is 0.226 e. The first-order valence-electron chi connectivity index (χ1n) is 10.4. The maximum absolute atomic E-state index is 12.5. The van der Waals surface area contributed by atoms with E-state index in [4.69, 9.17) is 0 Å². The molecule has 2 rings (SSSR count). The number of nitrogens with one attached hydrogen (secondary N) is 1. The Hall–Kier alpha value is -2.10. The molecule has 0 saturated carbocycles. The van der Waals surface area contributed by atoms with Gasteiger partial charge in [0.2, 0.25) is 11.8 Å². The van der Waals surface area contributed by atoms with Gasteiger partial charge in [0.25, 0.3) is 0 Å². The maximum atomic E-state index is 12.5. The van der Waals surface area contributed by atoms with Crippen molar-refractivity contribution < 1.29 is 9.59 Å². The van der Waals surface area contributed by atoms with Crippen molar-refractivity contribution in [3.8, 4) is 0 Å². The van der Waals surface area contributed by atoms with E-state index in [1.165, 1.54) is 18.4 Å². The Kier molecular flexibility index (Phi) is 8.56. The molecule has 2 amide bonds. The standard InChI is InChI=1S/C23H34N2O2/c1-4-20-12-9-13-21(5-2)23(20)24-22(27)15-17-25(18(3)26)16-14-19-10-7-6-8-11-19/h9-10,12-13H,4-8,11,14-17H2,1-3H3,(H,24,27). The van der Waals surface area contributed by atoms with Crippen molar-refractivity contribution in [2.45, 2.75) is 72.1 Å². The number of allylic oxidation sites excluding steroid dienone is 1. The zero-order valence-electron chi connectivity index (χ0n) is 17.1. The van der Waals surface area contributed by atoms with Crippen LogP contribution in [0.5, 0.6) is 0 Å². The van der Waals surface area contributed by atoms with Crippen LogP contribution in [0.15, 0.2) is 29.8 Å². The monoisotopic (exact) mass is 370 g/mol. The van der Waals surface area contributed by atoms with Crippen LogP contribution in [-0.4, -0.2) is 29.8 Å². The van der Waals surface area contributed by atoms with Crippen LogP contribution in [0, 0.1) is 0 Å². The Morgan fingerprint density at radius 2 is 1.78 bits per heavy atom. The molecule has 0 spiro atoms. The Morgan fingerprint density at radius 3 is 2.33 bits per heavy atom. The molecule has 0 bridgehead atoms. The van der Waals surface area contributed by atoms with Crippen LogP contribution in [-0.2, 0) is 22.4 Å². The van der Waals surface area contributed by atoms with Gasteiger partial charge in [-0.2, -0.15) is 0 Å². The van der Waals surface area contributed by atoms with E-state index in [9.17, 15) is 9.59 Å². The highest BCUT2D eigenvalue weighted by atomic mass is 16.2. The second-order valence-corrected chi connectivity index (χ2v) is 7.32. The highest BCUT2D eigenvalue weighted by molar-refractivity contribution is 5.92. The molecule has 1 aliphatic rings. The van der Waals surface area contributed by atoms with Gasteiger partial charge in [-0.25, -0.2) is 0 Å². The van der Waals surface area contributed by atoms with Gasteiger partial charge in [-0.1, -0.05) is 43.7 Å². The number of carbonyl (C=O) groups excluding carboxylic acids is 2. The van der Waals surface area contributed by atoms with E-state index in [2.05, 4.69) is 37.4 Å². The van der Waals surface area contributed by atoms with Crippen LogP contribution < -0.4 is 5.32 Å². The lowest BCUT2D eigenvalue weighted by Gasteiger charge is -2.23. The van der Waals surface area contributed by atoms with E-state index < -0.39 is 0 Å². The van der Waals surface area contributed by atoms with Gasteiger partial charge >= 0.3 is 0 Å². The van der Waals surface area contributed by atoms with E-state index in [0.717, 1.165) is 48.9 Å². The van der Waals surface area contributed by atoms with Crippen LogP contribution in [0.4, 0.5) is 5.69 Å². The van der Waals surface area contributed by atoms with Crippen molar-refractivity contribution in [2.24, 2.45) is 0 Å². The molecule has 4 heteroatoms. The number of nitrogens with zero attached hydrogens (tertiary/aromatic N) is 1. The van der Waals surface area contributed by atoms with Crippen molar-refractivity contribution in [1.29, 1.82) is 0 Å². The second-order valence-electron chi connectivity index (χ2n) is 7.32. The molecule has 0 aliphatic heterocycles. The fourth-order valence-corrected chi connectivity index (χ4v) is 3.68. The number of carbonyl (C=O) groups is 2. The van der Waals surface area contributed by atoms with Gasteiger partial charge in [0.15, 0.2) is 0 Å². The normalized spacial score (nSPS) is 13.8. The summed E-state index contributed by atoms with van der Waals surface area (Å²) in [4.78, 5) is 26.3. The number of hydrogen-bond donors (Lipinski definition) is 1. The molecule has 1 N–H and O–H groups in total. The number of benzene rings is 1. The molecule has 4 nitrogen and oxygen atoms in total. The first-order chi connectivity index (χ1) is 13.0. The topological polar surface area (TPSA) is 49.4 Å². The third-order valence-corrected chi connectivity index (χ3v) is 5.41. The number of aryl methyl sites for hydroxylation is 2. The fraction of sp³-hybridized carbons (Fsp3) is 0.565. The second kappa shape index (κ2) is 10.9. The molecule has 1 aliphatic carbocycles. The van der Waals surface area contributed by atoms with Crippen molar-refractivity contribution >= 4 is 17.5 Å². The van der Waals surface area contributed by atoms with Gasteiger partial charge in [0.1, 0.15) is 0 Å². The average molecular weight is 371 g/mol. The van der Waals surface area contributed by atoms with Gasteiger partial charge in [-0.15, -0.1) is 0 Å². The Labute approximate surface area is 164 Å². The summed E-state index contributed by atoms with van der Waals surface area (Å²) in [6.07, 6.45) is 10.2. The van der Waals surface area contributed by atoms with Crippen LogP contribution in [0.2, 0.25) is 0 Å². The van der Waals surface area contributed by atoms with E-state index in [0.29, 0.717) is 19.5 Å². The summed E-state index contributed by atoms with van der Waals surface area (Å²) in [5.74, 6) is 0.0242. The van der Waals surface area contributed by atoms with Crippen LogP contribution in [0.1, 0.15) is 70.4 Å². The molecular weight excluding hydrogens is 336 g/mol. The van der Waals surface area contributed by atoms with Gasteiger partial charge in [-0.3, -0.25) is 9.59 Å². The van der Waals surface area contributed by atoms with Crippen molar-refractivity contribution in [3.05, 3.63) is 41.0 Å². The molecule has 0 heterocycles. The van der Waals surface area contributed by atoms with E-state index in [1.54, 1.807) is 6.92 Å². The van der Waals surface area contributed by atoms with Gasteiger partial charge in [-0.05, 0) is 56.1 Å². The summed E-state index contributed by atoms with van der Waals surface area (Å²) < 4.78 is 0. The predicted molar refractivity (Wildman–Crippen MR) is 112 cm³/mol. The highest BCUT2D eigenvalue weighted by Crippen LogP contribution is 2.23. The molecule has 0 fully saturated rings. The molecule has 1 aromatic rings. The van der Waals surface area contributed by atoms with Crippen molar-refractivity contribution in [1.82, 2.24) is 4.90 Å². The number of rotatable bonds is 9. The molecule has 27 heavy (non-hydrogen) atoms. The Morgan fingerprint density at radius 1 is 1.07 bits per heavy atom. The number of hydrogen-bond acceptors (Lipinski definition) is 2. The fourth-order valence-electron chi connectivity index (χ4n) is 3.68. The van der Waals surface area contributed by atoms with Crippen molar-refractivity contribution in [3.63, 3.8) is 0 Å². The largest absolute Gasteiger partial charge is 0.342 e. The summed E-state index contributed by atoms with van der Waals surface area (Å²) in [7, 11) is 0. The van der Waals surface area contributed by atoms with E-state index >= 15 is 0 Å². The summed E-state index contributed by atoms with van der Waals surface area (Å²) in [6, 6.07) is 6.17. The van der Waals surface area contributed by atoms with E-state index in [-0.39, 0.29) is 11.8 Å². The van der Waals surface area contributed by atoms with Crippen LogP contribution >= 0.6 is 0 Å². The minimum Gasteiger partial charge on any atom is -0.342 e. The predicted octanol–water partition coefficient (Wildman–Crippen LogP) is 4.88. The Bertz CT molecular complexity index is 657. The molecule has 1 aromatic carbocycles. The molecule has 0 atom stereocenters. The zero-order valence-corrected chi connectivity index (χ0v) is 17.1. The summed E-state index contributed by atoms with van der Waals surface area (Å²) in [5, 5.41) is 3.09. The third-order valence-electron chi connectivity index (χ3n) is 5.41. The lowest BCUT2D eigenvalue weighted by atomic mass is 9.97. The zero-order chi connectivity index (χ0) is 19.6. The lowest BCUT2D eigenvalue weighted by Crippen LogP contribution is -2.33. The number of amides is 2. The summed E-state index contributed by atoms with van der Waals surface area (Å²) in [5.41, 5.74) is 4.74. The van der Waals surface area contributed by atoms with Crippen LogP contribution in [0.25, 0.3) is 0 Å². The van der Waals surface area contributed by atoms with Gasteiger partial charge in [0, 0.05) is 32.1 Å². The van der Waals surface area contributed by atoms with Crippen molar-refractivity contribution in [2.75, 3.05) is 18.4 Å². The Balaban J connectivity index is 1.90. The first kappa shape index (κ1) is 21.2. The first-order valence-corrected chi connectivity index (χ1v) is 10.4. The minimum atomic E-state index is -0.0197. The molecule has 148 valence electrons. The van der Waals surface area contributed by atoms with Gasteiger partial charge < -0.3 is 10.2 Å². The average Bonchev–Trinajstić information content (AvgIpc) is 2.68. The molecular formula is C23H34N2O2. The molecule has 0 radical (unpaired) electrons. The third kappa shape index (κ3) is 6.53.